The molecule has 1 unspecified atom stereocenters. The van der Waals surface area contributed by atoms with Gasteiger partial charge in [-0.25, -0.2) is 0 Å². The standard InChI is InChI=1S/C19H25N/c1-6-17-7-9-18(10-8-17)20-16(5)19-12-14(3)13(2)11-15(19)4/h7-12,16,20H,6H2,1-5H3. The first-order valence-corrected chi connectivity index (χ1v) is 7.44. The van der Waals surface area contributed by atoms with Gasteiger partial charge in [0.2, 0.25) is 0 Å². The highest BCUT2D eigenvalue weighted by Crippen LogP contribution is 2.25. The molecule has 0 saturated heterocycles. The van der Waals surface area contributed by atoms with Crippen LogP contribution < -0.4 is 5.32 Å². The van der Waals surface area contributed by atoms with Gasteiger partial charge < -0.3 is 5.32 Å². The first kappa shape index (κ1) is 14.6. The zero-order chi connectivity index (χ0) is 14.7. The van der Waals surface area contributed by atoms with Crippen molar-refractivity contribution in [2.75, 3.05) is 5.32 Å². The van der Waals surface area contributed by atoms with Crippen LogP contribution >= 0.6 is 0 Å². The molecule has 2 rings (SSSR count). The molecule has 0 aromatic heterocycles. The van der Waals surface area contributed by atoms with E-state index in [0.29, 0.717) is 6.04 Å². The molecule has 0 spiro atoms. The summed E-state index contributed by atoms with van der Waals surface area (Å²) >= 11 is 0. The Morgan fingerprint density at radius 2 is 1.50 bits per heavy atom. The van der Waals surface area contributed by atoms with Crippen molar-refractivity contribution in [3.63, 3.8) is 0 Å². The van der Waals surface area contributed by atoms with Crippen LogP contribution in [0.1, 0.15) is 47.7 Å². The summed E-state index contributed by atoms with van der Waals surface area (Å²) < 4.78 is 0. The highest BCUT2D eigenvalue weighted by Gasteiger charge is 2.10. The predicted molar refractivity (Wildman–Crippen MR) is 88.5 cm³/mol. The van der Waals surface area contributed by atoms with E-state index < -0.39 is 0 Å². The summed E-state index contributed by atoms with van der Waals surface area (Å²) in [6, 6.07) is 13.6. The molecule has 1 heteroatoms. The number of anilines is 1. The van der Waals surface area contributed by atoms with Crippen molar-refractivity contribution < 1.29 is 0 Å². The minimum absolute atomic E-state index is 0.321. The fraction of sp³-hybridized carbons (Fsp3) is 0.368. The summed E-state index contributed by atoms with van der Waals surface area (Å²) in [5.41, 5.74) is 8.04. The predicted octanol–water partition coefficient (Wildman–Crippen LogP) is 5.35. The lowest BCUT2D eigenvalue weighted by Crippen LogP contribution is -2.09. The second-order valence-corrected chi connectivity index (χ2v) is 5.71. The molecule has 0 aliphatic heterocycles. The fourth-order valence-corrected chi connectivity index (χ4v) is 2.61. The van der Waals surface area contributed by atoms with Crippen molar-refractivity contribution in [3.8, 4) is 0 Å². The van der Waals surface area contributed by atoms with Crippen LogP contribution in [-0.4, -0.2) is 0 Å². The first-order valence-electron chi connectivity index (χ1n) is 7.44. The average Bonchev–Trinajstić information content (AvgIpc) is 2.43. The van der Waals surface area contributed by atoms with Crippen LogP contribution in [-0.2, 0) is 6.42 Å². The number of hydrogen-bond donors (Lipinski definition) is 1. The molecular weight excluding hydrogens is 242 g/mol. The van der Waals surface area contributed by atoms with E-state index in [9.17, 15) is 0 Å². The van der Waals surface area contributed by atoms with Gasteiger partial charge in [0, 0.05) is 11.7 Å². The molecule has 0 aliphatic carbocycles. The minimum atomic E-state index is 0.321. The molecule has 0 heterocycles. The summed E-state index contributed by atoms with van der Waals surface area (Å²) in [4.78, 5) is 0. The molecule has 0 aliphatic rings. The topological polar surface area (TPSA) is 12.0 Å². The van der Waals surface area contributed by atoms with Gasteiger partial charge in [0.1, 0.15) is 0 Å². The fourth-order valence-electron chi connectivity index (χ4n) is 2.61. The lowest BCUT2D eigenvalue weighted by atomic mass is 9.96. The van der Waals surface area contributed by atoms with Crippen molar-refractivity contribution in [1.29, 1.82) is 0 Å². The number of nitrogens with one attached hydrogen (secondary N) is 1. The Morgan fingerprint density at radius 3 is 2.10 bits per heavy atom. The highest BCUT2D eigenvalue weighted by atomic mass is 14.9. The van der Waals surface area contributed by atoms with E-state index in [1.54, 1.807) is 0 Å². The van der Waals surface area contributed by atoms with Crippen LogP contribution in [0.3, 0.4) is 0 Å². The Hall–Kier alpha value is -1.76. The third-order valence-corrected chi connectivity index (χ3v) is 4.09. The van der Waals surface area contributed by atoms with Gasteiger partial charge >= 0.3 is 0 Å². The molecule has 0 radical (unpaired) electrons. The van der Waals surface area contributed by atoms with Gasteiger partial charge in [0.05, 0.1) is 0 Å². The van der Waals surface area contributed by atoms with Crippen LogP contribution in [0, 0.1) is 20.8 Å². The third-order valence-electron chi connectivity index (χ3n) is 4.09. The van der Waals surface area contributed by atoms with Gasteiger partial charge in [-0.3, -0.25) is 0 Å². The third kappa shape index (κ3) is 3.22. The van der Waals surface area contributed by atoms with E-state index in [0.717, 1.165) is 6.42 Å². The summed E-state index contributed by atoms with van der Waals surface area (Å²) in [5.74, 6) is 0. The van der Waals surface area contributed by atoms with E-state index in [1.165, 1.54) is 33.5 Å². The van der Waals surface area contributed by atoms with Crippen molar-refractivity contribution in [1.82, 2.24) is 0 Å². The van der Waals surface area contributed by atoms with Crippen LogP contribution in [0.25, 0.3) is 0 Å². The van der Waals surface area contributed by atoms with Crippen molar-refractivity contribution in [2.24, 2.45) is 0 Å². The molecule has 1 nitrogen and oxygen atoms in total. The summed E-state index contributed by atoms with van der Waals surface area (Å²) in [7, 11) is 0. The number of hydrogen-bond acceptors (Lipinski definition) is 1. The van der Waals surface area contributed by atoms with Crippen LogP contribution in [0.15, 0.2) is 36.4 Å². The lowest BCUT2D eigenvalue weighted by molar-refractivity contribution is 0.870. The average molecular weight is 267 g/mol. The molecule has 0 amide bonds. The summed E-state index contributed by atoms with van der Waals surface area (Å²) in [6.45, 7) is 11.0. The SMILES string of the molecule is CCc1ccc(NC(C)c2cc(C)c(C)cc2C)cc1. The quantitative estimate of drug-likeness (QED) is 0.787. The first-order chi connectivity index (χ1) is 9.51. The molecule has 1 atom stereocenters. The van der Waals surface area contributed by atoms with Crippen LogP contribution in [0.5, 0.6) is 0 Å². The number of benzene rings is 2. The molecule has 0 fully saturated rings. The Morgan fingerprint density at radius 1 is 0.900 bits per heavy atom. The highest BCUT2D eigenvalue weighted by molar-refractivity contribution is 5.48. The normalized spacial score (nSPS) is 12.2. The van der Waals surface area contributed by atoms with E-state index >= 15 is 0 Å². The second kappa shape index (κ2) is 6.13. The molecule has 20 heavy (non-hydrogen) atoms. The monoisotopic (exact) mass is 267 g/mol. The second-order valence-electron chi connectivity index (χ2n) is 5.71. The molecule has 0 bridgehead atoms. The van der Waals surface area contributed by atoms with Crippen molar-refractivity contribution in [3.05, 3.63) is 64.2 Å². The Balaban J connectivity index is 2.18. The van der Waals surface area contributed by atoms with E-state index in [-0.39, 0.29) is 0 Å². The molecule has 2 aromatic carbocycles. The van der Waals surface area contributed by atoms with Crippen LogP contribution in [0.2, 0.25) is 0 Å². The van der Waals surface area contributed by atoms with Gasteiger partial charge in [0.25, 0.3) is 0 Å². The molecule has 1 N–H and O–H groups in total. The minimum Gasteiger partial charge on any atom is -0.379 e. The zero-order valence-corrected chi connectivity index (χ0v) is 13.2. The molecular formula is C19H25N. The van der Waals surface area contributed by atoms with Gasteiger partial charge in [0.15, 0.2) is 0 Å². The molecule has 2 aromatic rings. The lowest BCUT2D eigenvalue weighted by Gasteiger charge is -2.19. The Labute approximate surface area is 123 Å². The molecule has 0 saturated carbocycles. The Kier molecular flexibility index (Phi) is 4.49. The largest absolute Gasteiger partial charge is 0.379 e. The van der Waals surface area contributed by atoms with E-state index in [2.05, 4.69) is 76.3 Å². The Bertz CT molecular complexity index is 581. The zero-order valence-electron chi connectivity index (χ0n) is 13.2. The van der Waals surface area contributed by atoms with Crippen LogP contribution in [0.4, 0.5) is 5.69 Å². The maximum absolute atomic E-state index is 3.60. The van der Waals surface area contributed by atoms with E-state index in [4.69, 9.17) is 0 Å². The molecule has 106 valence electrons. The van der Waals surface area contributed by atoms with Crippen molar-refractivity contribution >= 4 is 5.69 Å². The maximum Gasteiger partial charge on any atom is 0.0488 e. The van der Waals surface area contributed by atoms with Gasteiger partial charge in [-0.1, -0.05) is 31.2 Å². The van der Waals surface area contributed by atoms with Gasteiger partial charge in [-0.2, -0.15) is 0 Å². The van der Waals surface area contributed by atoms with Gasteiger partial charge in [-0.15, -0.1) is 0 Å². The number of rotatable bonds is 4. The maximum atomic E-state index is 3.60. The van der Waals surface area contributed by atoms with Crippen molar-refractivity contribution in [2.45, 2.75) is 47.1 Å². The summed E-state index contributed by atoms with van der Waals surface area (Å²) in [6.07, 6.45) is 1.09. The smallest absolute Gasteiger partial charge is 0.0488 e. The number of aryl methyl sites for hydroxylation is 4. The van der Waals surface area contributed by atoms with Gasteiger partial charge in [-0.05, 0) is 74.1 Å². The summed E-state index contributed by atoms with van der Waals surface area (Å²) in [5, 5.41) is 3.60. The van der Waals surface area contributed by atoms with E-state index in [1.807, 2.05) is 0 Å².